The molecule has 0 N–H and O–H groups in total. The van der Waals surface area contributed by atoms with Gasteiger partial charge in [0.2, 0.25) is 5.95 Å². The Balaban J connectivity index is 1.31. The van der Waals surface area contributed by atoms with Crippen LogP contribution in [0.25, 0.3) is 0 Å². The SMILES string of the molecule is N#Cc1ccc(OCC2C[C@H]3CN(c4ncc(F)cn4)CCN3C2)cc1. The quantitative estimate of drug-likeness (QED) is 0.838. The van der Waals surface area contributed by atoms with Crippen molar-refractivity contribution in [3.05, 3.63) is 48.0 Å². The zero-order valence-electron chi connectivity index (χ0n) is 14.4. The van der Waals surface area contributed by atoms with Crippen LogP contribution in [0.15, 0.2) is 36.7 Å². The number of hydrogen-bond acceptors (Lipinski definition) is 6. The Morgan fingerprint density at radius 2 is 1.92 bits per heavy atom. The fourth-order valence-electron chi connectivity index (χ4n) is 3.76. The molecule has 2 atom stereocenters. The van der Waals surface area contributed by atoms with Crippen LogP contribution in [-0.2, 0) is 0 Å². The van der Waals surface area contributed by atoms with Gasteiger partial charge >= 0.3 is 0 Å². The maximum Gasteiger partial charge on any atom is 0.225 e. The van der Waals surface area contributed by atoms with E-state index in [1.54, 1.807) is 12.1 Å². The molecule has 134 valence electrons. The van der Waals surface area contributed by atoms with Crippen molar-refractivity contribution >= 4 is 5.95 Å². The highest BCUT2D eigenvalue weighted by Gasteiger charge is 2.37. The minimum absolute atomic E-state index is 0.409. The second-order valence-electron chi connectivity index (χ2n) is 6.84. The lowest BCUT2D eigenvalue weighted by atomic mass is 10.1. The van der Waals surface area contributed by atoms with E-state index in [0.717, 1.165) is 38.3 Å². The smallest absolute Gasteiger partial charge is 0.225 e. The average Bonchev–Trinajstić information content (AvgIpc) is 3.09. The van der Waals surface area contributed by atoms with Crippen LogP contribution in [-0.4, -0.2) is 53.7 Å². The third kappa shape index (κ3) is 3.60. The van der Waals surface area contributed by atoms with Crippen LogP contribution in [0.3, 0.4) is 0 Å². The largest absolute Gasteiger partial charge is 0.493 e. The molecule has 7 heteroatoms. The molecule has 0 aliphatic carbocycles. The van der Waals surface area contributed by atoms with Crippen LogP contribution >= 0.6 is 0 Å². The molecule has 26 heavy (non-hydrogen) atoms. The van der Waals surface area contributed by atoms with Crippen molar-refractivity contribution in [2.45, 2.75) is 12.5 Å². The number of benzene rings is 1. The molecule has 0 bridgehead atoms. The van der Waals surface area contributed by atoms with Gasteiger partial charge in [-0.3, -0.25) is 4.90 Å². The number of fused-ring (bicyclic) bond motifs is 1. The molecule has 2 aliphatic heterocycles. The van der Waals surface area contributed by atoms with Gasteiger partial charge < -0.3 is 9.64 Å². The zero-order chi connectivity index (χ0) is 17.9. The van der Waals surface area contributed by atoms with E-state index >= 15 is 0 Å². The number of rotatable bonds is 4. The number of piperazine rings is 1. The Hall–Kier alpha value is -2.72. The van der Waals surface area contributed by atoms with Crippen molar-refractivity contribution in [3.63, 3.8) is 0 Å². The first-order valence-electron chi connectivity index (χ1n) is 8.81. The van der Waals surface area contributed by atoms with Crippen molar-refractivity contribution in [1.82, 2.24) is 14.9 Å². The topological polar surface area (TPSA) is 65.3 Å². The molecule has 1 aromatic carbocycles. The van der Waals surface area contributed by atoms with Gasteiger partial charge in [0.1, 0.15) is 5.75 Å². The van der Waals surface area contributed by atoms with Gasteiger partial charge in [0.25, 0.3) is 0 Å². The van der Waals surface area contributed by atoms with Gasteiger partial charge in [-0.25, -0.2) is 14.4 Å². The number of ether oxygens (including phenoxy) is 1. The summed E-state index contributed by atoms with van der Waals surface area (Å²) in [6, 6.07) is 9.79. The van der Waals surface area contributed by atoms with Crippen LogP contribution in [0.4, 0.5) is 10.3 Å². The highest BCUT2D eigenvalue weighted by atomic mass is 19.1. The third-order valence-corrected chi connectivity index (χ3v) is 5.06. The Labute approximate surface area is 151 Å². The van der Waals surface area contributed by atoms with Crippen LogP contribution in [0.5, 0.6) is 5.75 Å². The Bertz CT molecular complexity index is 789. The molecule has 6 nitrogen and oxygen atoms in total. The molecule has 3 heterocycles. The molecule has 0 amide bonds. The van der Waals surface area contributed by atoms with E-state index in [1.807, 2.05) is 12.1 Å². The number of halogens is 1. The Kier molecular flexibility index (Phi) is 4.67. The maximum absolute atomic E-state index is 13.0. The van der Waals surface area contributed by atoms with E-state index in [4.69, 9.17) is 10.00 Å². The predicted octanol–water partition coefficient (Wildman–Crippen LogP) is 2.08. The van der Waals surface area contributed by atoms with Gasteiger partial charge in [-0.1, -0.05) is 0 Å². The summed E-state index contributed by atoms with van der Waals surface area (Å²) in [5.41, 5.74) is 0.637. The summed E-state index contributed by atoms with van der Waals surface area (Å²) in [6.45, 7) is 4.37. The number of nitrogens with zero attached hydrogens (tertiary/aromatic N) is 5. The van der Waals surface area contributed by atoms with Gasteiger partial charge in [-0.15, -0.1) is 0 Å². The number of nitriles is 1. The minimum atomic E-state index is -0.409. The average molecular weight is 353 g/mol. The van der Waals surface area contributed by atoms with E-state index in [-0.39, 0.29) is 0 Å². The van der Waals surface area contributed by atoms with Gasteiger partial charge in [0, 0.05) is 38.1 Å². The Morgan fingerprint density at radius 3 is 2.65 bits per heavy atom. The standard InChI is InChI=1S/C19H20FN5O/c20-16-9-22-19(23-10-16)25-6-5-24-11-15(7-17(24)12-25)13-26-18-3-1-14(8-21)2-4-18/h1-4,9-10,15,17H,5-7,11-13H2/t15?,17-/m0/s1. The summed E-state index contributed by atoms with van der Waals surface area (Å²) < 4.78 is 18.9. The molecule has 2 saturated heterocycles. The molecule has 2 aromatic rings. The van der Waals surface area contributed by atoms with Gasteiger partial charge in [0.15, 0.2) is 5.82 Å². The molecule has 0 spiro atoms. The molecule has 2 aliphatic rings. The maximum atomic E-state index is 13.0. The van der Waals surface area contributed by atoms with Crippen molar-refractivity contribution < 1.29 is 9.13 Å². The number of hydrogen-bond donors (Lipinski definition) is 0. The highest BCUT2D eigenvalue weighted by molar-refractivity contribution is 5.34. The summed E-state index contributed by atoms with van der Waals surface area (Å²) >= 11 is 0. The zero-order valence-corrected chi connectivity index (χ0v) is 14.4. The highest BCUT2D eigenvalue weighted by Crippen LogP contribution is 2.28. The molecule has 4 rings (SSSR count). The predicted molar refractivity (Wildman–Crippen MR) is 94.3 cm³/mol. The summed E-state index contributed by atoms with van der Waals surface area (Å²) in [6.07, 6.45) is 3.50. The van der Waals surface area contributed by atoms with Crippen LogP contribution in [0.1, 0.15) is 12.0 Å². The number of anilines is 1. The monoisotopic (exact) mass is 353 g/mol. The fraction of sp³-hybridized carbons (Fsp3) is 0.421. The van der Waals surface area contributed by atoms with Crippen molar-refractivity contribution in [2.24, 2.45) is 5.92 Å². The molecule has 0 radical (unpaired) electrons. The van der Waals surface area contributed by atoms with Crippen LogP contribution in [0, 0.1) is 23.1 Å². The third-order valence-electron chi connectivity index (χ3n) is 5.06. The molecule has 1 aromatic heterocycles. The molecule has 2 fully saturated rings. The summed E-state index contributed by atoms with van der Waals surface area (Å²) in [4.78, 5) is 12.8. The van der Waals surface area contributed by atoms with Crippen LogP contribution < -0.4 is 9.64 Å². The number of aromatic nitrogens is 2. The normalized spacial score (nSPS) is 22.7. The summed E-state index contributed by atoms with van der Waals surface area (Å²) in [5.74, 6) is 1.47. The molecular weight excluding hydrogens is 333 g/mol. The van der Waals surface area contributed by atoms with E-state index < -0.39 is 5.82 Å². The summed E-state index contributed by atoms with van der Waals surface area (Å²) in [7, 11) is 0. The lowest BCUT2D eigenvalue weighted by molar-refractivity contribution is 0.216. The first-order chi connectivity index (χ1) is 12.7. The van der Waals surface area contributed by atoms with E-state index in [1.165, 1.54) is 12.4 Å². The molecule has 0 saturated carbocycles. The second kappa shape index (κ2) is 7.26. The van der Waals surface area contributed by atoms with Gasteiger partial charge in [0.05, 0.1) is 30.6 Å². The van der Waals surface area contributed by atoms with Crippen molar-refractivity contribution in [3.8, 4) is 11.8 Å². The second-order valence-corrected chi connectivity index (χ2v) is 6.84. The summed E-state index contributed by atoms with van der Waals surface area (Å²) in [5, 5.41) is 8.84. The fourth-order valence-corrected chi connectivity index (χ4v) is 3.76. The van der Waals surface area contributed by atoms with E-state index in [2.05, 4.69) is 25.8 Å². The van der Waals surface area contributed by atoms with Crippen molar-refractivity contribution in [2.75, 3.05) is 37.7 Å². The first-order valence-corrected chi connectivity index (χ1v) is 8.81. The van der Waals surface area contributed by atoms with Gasteiger partial charge in [-0.2, -0.15) is 5.26 Å². The van der Waals surface area contributed by atoms with Crippen molar-refractivity contribution in [1.29, 1.82) is 5.26 Å². The minimum Gasteiger partial charge on any atom is -0.493 e. The van der Waals surface area contributed by atoms with E-state index in [0.29, 0.717) is 30.1 Å². The Morgan fingerprint density at radius 1 is 1.15 bits per heavy atom. The van der Waals surface area contributed by atoms with Gasteiger partial charge in [-0.05, 0) is 30.7 Å². The van der Waals surface area contributed by atoms with Crippen LogP contribution in [0.2, 0.25) is 0 Å². The van der Waals surface area contributed by atoms with E-state index in [9.17, 15) is 4.39 Å². The lowest BCUT2D eigenvalue weighted by Crippen LogP contribution is -2.50. The lowest BCUT2D eigenvalue weighted by Gasteiger charge is -2.37. The first kappa shape index (κ1) is 16.7. The molecule has 1 unspecified atom stereocenters. The molecular formula is C19H20FN5O.